The first-order valence-electron chi connectivity index (χ1n) is 8.26. The van der Waals surface area contributed by atoms with E-state index in [0.29, 0.717) is 12.0 Å². The zero-order valence-corrected chi connectivity index (χ0v) is 14.4. The average molecular weight is 377 g/mol. The summed E-state index contributed by atoms with van der Waals surface area (Å²) in [5, 5.41) is 30.9. The molecular formula is C19H20FNO6. The number of rotatable bonds is 9. The first-order chi connectivity index (χ1) is 12.9. The molecule has 144 valence electrons. The third-order valence-electron chi connectivity index (χ3n) is 3.80. The van der Waals surface area contributed by atoms with Gasteiger partial charge >= 0.3 is 11.9 Å². The SMILES string of the molecule is O=C(OCCCN[C@@H](Cc1ccc(O)c(O)c1)C(=O)O)c1ccc(F)cc1. The average Bonchev–Trinajstić information content (AvgIpc) is 2.63. The van der Waals surface area contributed by atoms with Crippen LogP contribution >= 0.6 is 0 Å². The van der Waals surface area contributed by atoms with Crippen molar-refractivity contribution >= 4 is 11.9 Å². The number of hydrogen-bond donors (Lipinski definition) is 4. The highest BCUT2D eigenvalue weighted by atomic mass is 19.1. The van der Waals surface area contributed by atoms with Crippen LogP contribution in [0, 0.1) is 5.82 Å². The minimum absolute atomic E-state index is 0.0789. The van der Waals surface area contributed by atoms with Crippen molar-refractivity contribution in [3.8, 4) is 11.5 Å². The van der Waals surface area contributed by atoms with Crippen molar-refractivity contribution in [2.45, 2.75) is 18.9 Å². The van der Waals surface area contributed by atoms with Crippen LogP contribution < -0.4 is 5.32 Å². The Morgan fingerprint density at radius 2 is 1.78 bits per heavy atom. The normalized spacial score (nSPS) is 11.7. The van der Waals surface area contributed by atoms with Crippen molar-refractivity contribution in [1.82, 2.24) is 5.32 Å². The van der Waals surface area contributed by atoms with Crippen molar-refractivity contribution in [2.24, 2.45) is 0 Å². The molecule has 0 unspecified atom stereocenters. The lowest BCUT2D eigenvalue weighted by Gasteiger charge is -2.15. The van der Waals surface area contributed by atoms with Gasteiger partial charge in [-0.15, -0.1) is 0 Å². The highest BCUT2D eigenvalue weighted by molar-refractivity contribution is 5.89. The molecule has 0 spiro atoms. The molecule has 0 bridgehead atoms. The molecule has 2 aromatic carbocycles. The van der Waals surface area contributed by atoms with Crippen LogP contribution in [0.5, 0.6) is 11.5 Å². The van der Waals surface area contributed by atoms with Gasteiger partial charge in [0, 0.05) is 0 Å². The fourth-order valence-corrected chi connectivity index (χ4v) is 2.36. The Morgan fingerprint density at radius 1 is 1.07 bits per heavy atom. The molecule has 2 aromatic rings. The first-order valence-corrected chi connectivity index (χ1v) is 8.26. The van der Waals surface area contributed by atoms with Gasteiger partial charge in [-0.3, -0.25) is 4.79 Å². The van der Waals surface area contributed by atoms with Gasteiger partial charge in [0.05, 0.1) is 12.2 Å². The second kappa shape index (κ2) is 9.54. The topological polar surface area (TPSA) is 116 Å². The molecule has 0 aliphatic carbocycles. The highest BCUT2D eigenvalue weighted by Gasteiger charge is 2.18. The third-order valence-corrected chi connectivity index (χ3v) is 3.80. The first kappa shape index (κ1) is 20.2. The monoisotopic (exact) mass is 377 g/mol. The van der Waals surface area contributed by atoms with Gasteiger partial charge in [-0.25, -0.2) is 9.18 Å². The number of benzene rings is 2. The zero-order chi connectivity index (χ0) is 19.8. The quantitative estimate of drug-likeness (QED) is 0.300. The van der Waals surface area contributed by atoms with Crippen molar-refractivity contribution < 1.29 is 34.0 Å². The number of phenols is 2. The molecule has 0 aliphatic heterocycles. The van der Waals surface area contributed by atoms with Crippen molar-refractivity contribution in [3.63, 3.8) is 0 Å². The Bertz CT molecular complexity index is 793. The molecule has 2 rings (SSSR count). The fraction of sp³-hybridized carbons (Fsp3) is 0.263. The number of halogens is 1. The van der Waals surface area contributed by atoms with Crippen molar-refractivity contribution in [2.75, 3.05) is 13.2 Å². The summed E-state index contributed by atoms with van der Waals surface area (Å²) in [4.78, 5) is 23.1. The summed E-state index contributed by atoms with van der Waals surface area (Å²) in [5.41, 5.74) is 0.785. The predicted octanol–water partition coefficient (Wildman–Crippen LogP) is 2.07. The Balaban J connectivity index is 1.75. The van der Waals surface area contributed by atoms with Crippen molar-refractivity contribution in [3.05, 3.63) is 59.4 Å². The van der Waals surface area contributed by atoms with E-state index >= 15 is 0 Å². The number of hydrogen-bond acceptors (Lipinski definition) is 6. The Kier molecular flexibility index (Phi) is 7.13. The Morgan fingerprint density at radius 3 is 2.41 bits per heavy atom. The molecule has 8 heteroatoms. The summed E-state index contributed by atoms with van der Waals surface area (Å²) in [6.45, 7) is 0.368. The molecular weight excluding hydrogens is 357 g/mol. The van der Waals surface area contributed by atoms with E-state index in [0.717, 1.165) is 12.1 Å². The number of carboxylic acid groups (broad SMARTS) is 1. The molecule has 0 aromatic heterocycles. The van der Waals surface area contributed by atoms with Gasteiger partial charge in [-0.1, -0.05) is 6.07 Å². The number of carbonyl (C=O) groups excluding carboxylic acids is 1. The highest BCUT2D eigenvalue weighted by Crippen LogP contribution is 2.25. The molecule has 0 aliphatic rings. The second-order valence-electron chi connectivity index (χ2n) is 5.87. The fourth-order valence-electron chi connectivity index (χ4n) is 2.36. The number of esters is 1. The summed E-state index contributed by atoms with van der Waals surface area (Å²) >= 11 is 0. The predicted molar refractivity (Wildman–Crippen MR) is 94.2 cm³/mol. The zero-order valence-electron chi connectivity index (χ0n) is 14.4. The third kappa shape index (κ3) is 6.27. The van der Waals surface area contributed by atoms with Crippen LogP contribution in [0.15, 0.2) is 42.5 Å². The van der Waals surface area contributed by atoms with Gasteiger partial charge < -0.3 is 25.4 Å². The molecule has 0 heterocycles. The Labute approximate surface area is 155 Å². The number of nitrogens with one attached hydrogen (secondary N) is 1. The van der Waals surface area contributed by atoms with Crippen LogP contribution in [0.4, 0.5) is 4.39 Å². The second-order valence-corrected chi connectivity index (χ2v) is 5.87. The molecule has 0 saturated heterocycles. The standard InChI is InChI=1S/C19H20FNO6/c20-14-5-3-13(4-6-14)19(26)27-9-1-8-21-15(18(24)25)10-12-2-7-16(22)17(23)11-12/h2-7,11,15,21-23H,1,8-10H2,(H,24,25)/t15-/m0/s1. The van der Waals surface area contributed by atoms with Crippen molar-refractivity contribution in [1.29, 1.82) is 0 Å². The number of carboxylic acids is 1. The summed E-state index contributed by atoms with van der Waals surface area (Å²) in [6, 6.07) is 8.19. The van der Waals surface area contributed by atoms with Gasteiger partial charge in [0.2, 0.25) is 0 Å². The molecule has 4 N–H and O–H groups in total. The number of ether oxygens (including phenoxy) is 1. The Hall–Kier alpha value is -3.13. The van der Waals surface area contributed by atoms with E-state index in [1.807, 2.05) is 0 Å². The van der Waals surface area contributed by atoms with Crippen LogP contribution in [-0.4, -0.2) is 46.5 Å². The number of aliphatic carboxylic acids is 1. The van der Waals surface area contributed by atoms with Gasteiger partial charge in [0.25, 0.3) is 0 Å². The number of aromatic hydroxyl groups is 2. The maximum Gasteiger partial charge on any atom is 0.338 e. The van der Waals surface area contributed by atoms with E-state index in [9.17, 15) is 29.3 Å². The lowest BCUT2D eigenvalue weighted by molar-refractivity contribution is -0.139. The van der Waals surface area contributed by atoms with E-state index in [4.69, 9.17) is 4.74 Å². The summed E-state index contributed by atoms with van der Waals surface area (Å²) in [6.07, 6.45) is 0.496. The molecule has 27 heavy (non-hydrogen) atoms. The van der Waals surface area contributed by atoms with E-state index in [-0.39, 0.29) is 36.6 Å². The van der Waals surface area contributed by atoms with Crippen LogP contribution in [-0.2, 0) is 16.0 Å². The number of carbonyl (C=O) groups is 2. The van der Waals surface area contributed by atoms with Crippen LogP contribution in [0.2, 0.25) is 0 Å². The van der Waals surface area contributed by atoms with Gasteiger partial charge in [0.1, 0.15) is 11.9 Å². The molecule has 0 fully saturated rings. The van der Waals surface area contributed by atoms with E-state index in [1.54, 1.807) is 0 Å². The van der Waals surface area contributed by atoms with E-state index in [2.05, 4.69) is 5.32 Å². The largest absolute Gasteiger partial charge is 0.504 e. The summed E-state index contributed by atoms with van der Waals surface area (Å²) in [7, 11) is 0. The molecule has 0 radical (unpaired) electrons. The van der Waals surface area contributed by atoms with Gasteiger partial charge in [-0.2, -0.15) is 0 Å². The lowest BCUT2D eigenvalue weighted by Crippen LogP contribution is -2.39. The summed E-state index contributed by atoms with van der Waals surface area (Å²) < 4.78 is 17.9. The van der Waals surface area contributed by atoms with Crippen LogP contribution in [0.1, 0.15) is 22.3 Å². The minimum Gasteiger partial charge on any atom is -0.504 e. The maximum atomic E-state index is 12.8. The molecule has 0 amide bonds. The summed E-state index contributed by atoms with van der Waals surface area (Å²) in [5.74, 6) is -2.68. The van der Waals surface area contributed by atoms with Crippen LogP contribution in [0.25, 0.3) is 0 Å². The smallest absolute Gasteiger partial charge is 0.338 e. The molecule has 1 atom stereocenters. The number of phenolic OH excluding ortho intramolecular Hbond substituents is 2. The molecule has 0 saturated carbocycles. The van der Waals surface area contributed by atoms with Gasteiger partial charge in [-0.05, 0) is 61.3 Å². The molecule has 7 nitrogen and oxygen atoms in total. The van der Waals surface area contributed by atoms with Gasteiger partial charge in [0.15, 0.2) is 11.5 Å². The minimum atomic E-state index is -1.06. The maximum absolute atomic E-state index is 12.8. The van der Waals surface area contributed by atoms with E-state index in [1.165, 1.54) is 30.3 Å². The van der Waals surface area contributed by atoms with E-state index < -0.39 is 23.8 Å². The van der Waals surface area contributed by atoms with Crippen LogP contribution in [0.3, 0.4) is 0 Å². The lowest BCUT2D eigenvalue weighted by atomic mass is 10.1.